The van der Waals surface area contributed by atoms with Gasteiger partial charge < -0.3 is 15.1 Å². The Kier molecular flexibility index (Phi) is 4.71. The lowest BCUT2D eigenvalue weighted by Crippen LogP contribution is -2.38. The number of amides is 1. The van der Waals surface area contributed by atoms with Crippen LogP contribution in [0.3, 0.4) is 0 Å². The standard InChI is InChI=1S/C18H24N2O2/c1-13-5-7-15(8-6-13)18(2,3)12-20(4)17(21)14-9-16(10-19)22-11-14/h5-9,11H,10,12,19H2,1-4H3. The van der Waals surface area contributed by atoms with Crippen LogP contribution in [0, 0.1) is 6.92 Å². The van der Waals surface area contributed by atoms with Crippen LogP contribution >= 0.6 is 0 Å². The molecule has 0 spiro atoms. The van der Waals surface area contributed by atoms with Crippen molar-refractivity contribution in [2.45, 2.75) is 32.7 Å². The molecule has 2 N–H and O–H groups in total. The summed E-state index contributed by atoms with van der Waals surface area (Å²) in [5.74, 6) is 0.568. The van der Waals surface area contributed by atoms with E-state index in [0.717, 1.165) is 0 Å². The topological polar surface area (TPSA) is 59.5 Å². The quantitative estimate of drug-likeness (QED) is 0.923. The number of benzene rings is 1. The van der Waals surface area contributed by atoms with Crippen molar-refractivity contribution < 1.29 is 9.21 Å². The third-order valence-corrected chi connectivity index (χ3v) is 3.91. The summed E-state index contributed by atoms with van der Waals surface area (Å²) < 4.78 is 5.24. The number of rotatable bonds is 5. The van der Waals surface area contributed by atoms with Crippen LogP contribution in [0.15, 0.2) is 41.0 Å². The van der Waals surface area contributed by atoms with Gasteiger partial charge in [0, 0.05) is 19.0 Å². The number of carbonyl (C=O) groups excluding carboxylic acids is 1. The van der Waals surface area contributed by atoms with Crippen molar-refractivity contribution in [2.24, 2.45) is 5.73 Å². The molecule has 1 heterocycles. The molecule has 4 nitrogen and oxygen atoms in total. The van der Waals surface area contributed by atoms with Crippen molar-refractivity contribution in [2.75, 3.05) is 13.6 Å². The minimum atomic E-state index is -0.126. The van der Waals surface area contributed by atoms with Gasteiger partial charge in [-0.05, 0) is 18.6 Å². The second-order valence-electron chi connectivity index (χ2n) is 6.42. The monoisotopic (exact) mass is 300 g/mol. The molecule has 0 saturated carbocycles. The van der Waals surface area contributed by atoms with E-state index in [1.54, 1.807) is 11.0 Å². The third kappa shape index (κ3) is 3.57. The Bertz CT molecular complexity index is 641. The molecule has 2 rings (SSSR count). The number of nitrogens with zero attached hydrogens (tertiary/aromatic N) is 1. The Morgan fingerprint density at radius 1 is 1.27 bits per heavy atom. The van der Waals surface area contributed by atoms with Crippen LogP contribution in [0.25, 0.3) is 0 Å². The molecule has 0 unspecified atom stereocenters. The number of aryl methyl sites for hydroxylation is 1. The molecule has 0 saturated heterocycles. The summed E-state index contributed by atoms with van der Waals surface area (Å²) in [4.78, 5) is 14.2. The van der Waals surface area contributed by atoms with E-state index < -0.39 is 0 Å². The van der Waals surface area contributed by atoms with E-state index >= 15 is 0 Å². The first-order chi connectivity index (χ1) is 10.3. The maximum Gasteiger partial charge on any atom is 0.256 e. The van der Waals surface area contributed by atoms with Gasteiger partial charge in [-0.2, -0.15) is 0 Å². The van der Waals surface area contributed by atoms with E-state index in [1.807, 2.05) is 7.05 Å². The Hall–Kier alpha value is -2.07. The molecule has 0 aliphatic rings. The van der Waals surface area contributed by atoms with Crippen LogP contribution in [-0.2, 0) is 12.0 Å². The number of carbonyl (C=O) groups is 1. The average molecular weight is 300 g/mol. The summed E-state index contributed by atoms with van der Waals surface area (Å²) >= 11 is 0. The van der Waals surface area contributed by atoms with Crippen LogP contribution in [0.2, 0.25) is 0 Å². The predicted molar refractivity (Wildman–Crippen MR) is 87.8 cm³/mol. The fourth-order valence-electron chi connectivity index (χ4n) is 2.58. The Labute approximate surface area is 131 Å². The van der Waals surface area contributed by atoms with E-state index in [1.165, 1.54) is 17.4 Å². The second-order valence-corrected chi connectivity index (χ2v) is 6.42. The van der Waals surface area contributed by atoms with Gasteiger partial charge in [-0.25, -0.2) is 0 Å². The van der Waals surface area contributed by atoms with E-state index in [2.05, 4.69) is 45.0 Å². The maximum atomic E-state index is 12.5. The maximum absolute atomic E-state index is 12.5. The Morgan fingerprint density at radius 3 is 2.45 bits per heavy atom. The van der Waals surface area contributed by atoms with E-state index in [4.69, 9.17) is 10.2 Å². The van der Waals surface area contributed by atoms with Crippen molar-refractivity contribution in [3.05, 3.63) is 59.0 Å². The molecular formula is C18H24N2O2. The highest BCUT2D eigenvalue weighted by Gasteiger charge is 2.25. The average Bonchev–Trinajstić information content (AvgIpc) is 2.95. The van der Waals surface area contributed by atoms with Crippen molar-refractivity contribution in [1.29, 1.82) is 0 Å². The molecule has 22 heavy (non-hydrogen) atoms. The molecule has 1 aromatic heterocycles. The molecule has 2 aromatic rings. The SMILES string of the molecule is Cc1ccc(C(C)(C)CN(C)C(=O)c2coc(CN)c2)cc1. The fraction of sp³-hybridized carbons (Fsp3) is 0.389. The first-order valence-electron chi connectivity index (χ1n) is 7.43. The van der Waals surface area contributed by atoms with Crippen LogP contribution < -0.4 is 5.73 Å². The zero-order chi connectivity index (χ0) is 16.3. The zero-order valence-corrected chi connectivity index (χ0v) is 13.7. The van der Waals surface area contributed by atoms with Crippen LogP contribution in [0.4, 0.5) is 0 Å². The first-order valence-corrected chi connectivity index (χ1v) is 7.43. The minimum Gasteiger partial charge on any atom is -0.467 e. The molecule has 118 valence electrons. The predicted octanol–water partition coefficient (Wildman–Crippen LogP) is 3.10. The minimum absolute atomic E-state index is 0.0522. The van der Waals surface area contributed by atoms with Gasteiger partial charge in [0.05, 0.1) is 12.1 Å². The van der Waals surface area contributed by atoms with Gasteiger partial charge >= 0.3 is 0 Å². The summed E-state index contributed by atoms with van der Waals surface area (Å²) in [5.41, 5.74) is 8.38. The first kappa shape index (κ1) is 16.3. The third-order valence-electron chi connectivity index (χ3n) is 3.91. The molecule has 1 aromatic carbocycles. The summed E-state index contributed by atoms with van der Waals surface area (Å²) in [7, 11) is 1.81. The summed E-state index contributed by atoms with van der Waals surface area (Å²) in [6.07, 6.45) is 1.47. The summed E-state index contributed by atoms with van der Waals surface area (Å²) in [6, 6.07) is 10.2. The van der Waals surface area contributed by atoms with Gasteiger partial charge in [-0.15, -0.1) is 0 Å². The lowest BCUT2D eigenvalue weighted by Gasteiger charge is -2.31. The Balaban J connectivity index is 2.10. The smallest absolute Gasteiger partial charge is 0.256 e. The van der Waals surface area contributed by atoms with Crippen LogP contribution in [-0.4, -0.2) is 24.4 Å². The van der Waals surface area contributed by atoms with Crippen molar-refractivity contribution in [1.82, 2.24) is 4.90 Å². The molecular weight excluding hydrogens is 276 g/mol. The van der Waals surface area contributed by atoms with Crippen LogP contribution in [0.5, 0.6) is 0 Å². The lowest BCUT2D eigenvalue weighted by molar-refractivity contribution is 0.0767. The number of hydrogen-bond acceptors (Lipinski definition) is 3. The molecule has 4 heteroatoms. The number of nitrogens with two attached hydrogens (primary N) is 1. The summed E-state index contributed by atoms with van der Waals surface area (Å²) in [5, 5.41) is 0. The van der Waals surface area contributed by atoms with Gasteiger partial charge in [0.25, 0.3) is 5.91 Å². The number of furan rings is 1. The Morgan fingerprint density at radius 2 is 1.91 bits per heavy atom. The molecule has 0 aliphatic heterocycles. The fourth-order valence-corrected chi connectivity index (χ4v) is 2.58. The van der Waals surface area contributed by atoms with Crippen molar-refractivity contribution in [3.8, 4) is 0 Å². The molecule has 0 bridgehead atoms. The van der Waals surface area contributed by atoms with Crippen molar-refractivity contribution >= 4 is 5.91 Å². The second kappa shape index (κ2) is 6.36. The number of likely N-dealkylation sites (N-methyl/N-ethyl adjacent to an activating group) is 1. The largest absolute Gasteiger partial charge is 0.467 e. The molecule has 0 atom stereocenters. The molecule has 0 fully saturated rings. The van der Waals surface area contributed by atoms with Gasteiger partial charge in [-0.3, -0.25) is 4.79 Å². The molecule has 1 amide bonds. The van der Waals surface area contributed by atoms with Gasteiger partial charge in [0.2, 0.25) is 0 Å². The zero-order valence-electron chi connectivity index (χ0n) is 13.7. The van der Waals surface area contributed by atoms with Crippen molar-refractivity contribution in [3.63, 3.8) is 0 Å². The van der Waals surface area contributed by atoms with E-state index in [0.29, 0.717) is 24.4 Å². The lowest BCUT2D eigenvalue weighted by atomic mass is 9.83. The highest BCUT2D eigenvalue weighted by atomic mass is 16.3. The highest BCUT2D eigenvalue weighted by molar-refractivity contribution is 5.93. The highest BCUT2D eigenvalue weighted by Crippen LogP contribution is 2.25. The molecule has 0 radical (unpaired) electrons. The van der Waals surface area contributed by atoms with Gasteiger partial charge in [-0.1, -0.05) is 43.7 Å². The van der Waals surface area contributed by atoms with E-state index in [-0.39, 0.29) is 11.3 Å². The summed E-state index contributed by atoms with van der Waals surface area (Å²) in [6.45, 7) is 7.27. The van der Waals surface area contributed by atoms with Gasteiger partial charge in [0.15, 0.2) is 0 Å². The van der Waals surface area contributed by atoms with Gasteiger partial charge in [0.1, 0.15) is 12.0 Å². The normalized spacial score (nSPS) is 11.5. The van der Waals surface area contributed by atoms with Crippen LogP contribution in [0.1, 0.15) is 41.1 Å². The number of hydrogen-bond donors (Lipinski definition) is 1. The molecule has 0 aliphatic carbocycles. The van der Waals surface area contributed by atoms with E-state index in [9.17, 15) is 4.79 Å².